The minimum atomic E-state index is -1.65. The molecule has 14 nitrogen and oxygen atoms in total. The van der Waals surface area contributed by atoms with Gasteiger partial charge >= 0.3 is 5.97 Å². The van der Waals surface area contributed by atoms with Crippen LogP contribution in [0, 0.1) is 0 Å². The summed E-state index contributed by atoms with van der Waals surface area (Å²) in [5, 5.41) is 36.0. The molecule has 0 fully saturated rings. The highest BCUT2D eigenvalue weighted by molar-refractivity contribution is 5.95. The first kappa shape index (κ1) is 28.2. The van der Waals surface area contributed by atoms with Crippen LogP contribution in [0.4, 0.5) is 0 Å². The molecule has 0 saturated carbocycles. The summed E-state index contributed by atoms with van der Waals surface area (Å²) in [7, 11) is 0. The van der Waals surface area contributed by atoms with Gasteiger partial charge in [0.05, 0.1) is 19.1 Å². The molecule has 2 rings (SSSR count). The predicted molar refractivity (Wildman–Crippen MR) is 126 cm³/mol. The lowest BCUT2D eigenvalue weighted by Crippen LogP contribution is -2.60. The van der Waals surface area contributed by atoms with Crippen LogP contribution in [-0.2, 0) is 30.4 Å². The number of fused-ring (bicyclic) bond motifs is 1. The van der Waals surface area contributed by atoms with E-state index in [0.717, 1.165) is 10.9 Å². The number of aliphatic hydroxyl groups is 2. The first-order valence-corrected chi connectivity index (χ1v) is 11.0. The van der Waals surface area contributed by atoms with Crippen LogP contribution in [0.2, 0.25) is 0 Å². The molecule has 0 aliphatic carbocycles. The van der Waals surface area contributed by atoms with E-state index >= 15 is 0 Å². The number of aliphatic carboxylic acids is 1. The van der Waals surface area contributed by atoms with Gasteiger partial charge in [-0.1, -0.05) is 18.2 Å². The van der Waals surface area contributed by atoms with E-state index in [4.69, 9.17) is 16.6 Å². The summed E-state index contributed by atoms with van der Waals surface area (Å²) < 4.78 is 0. The summed E-state index contributed by atoms with van der Waals surface area (Å²) in [6.45, 7) is 0.513. The maximum absolute atomic E-state index is 13.1. The Morgan fingerprint density at radius 1 is 1.00 bits per heavy atom. The number of amides is 4. The van der Waals surface area contributed by atoms with E-state index in [1.807, 2.05) is 0 Å². The zero-order valence-electron chi connectivity index (χ0n) is 19.4. The maximum atomic E-state index is 13.1. The number of H-pyrrole nitrogens is 1. The highest BCUT2D eigenvalue weighted by atomic mass is 16.4. The Labute approximate surface area is 205 Å². The number of carbonyl (C=O) groups excluding carboxylic acids is 4. The number of carboxylic acid groups (broad SMARTS) is 1. The van der Waals surface area contributed by atoms with Crippen molar-refractivity contribution in [1.82, 2.24) is 20.9 Å². The number of hydrogen-bond donors (Lipinski definition) is 9. The van der Waals surface area contributed by atoms with Crippen LogP contribution in [0.25, 0.3) is 10.9 Å². The van der Waals surface area contributed by atoms with Crippen LogP contribution in [0.15, 0.2) is 30.5 Å². The van der Waals surface area contributed by atoms with Crippen molar-refractivity contribution >= 4 is 40.5 Å². The van der Waals surface area contributed by atoms with Crippen LogP contribution >= 0.6 is 0 Å². The Kier molecular flexibility index (Phi) is 9.90. The molecule has 4 amide bonds. The summed E-state index contributed by atoms with van der Waals surface area (Å²) in [6, 6.07) is 1.21. The molecule has 0 spiro atoms. The molecule has 0 radical (unpaired) electrons. The van der Waals surface area contributed by atoms with Crippen molar-refractivity contribution in [3.63, 3.8) is 0 Å². The first-order chi connectivity index (χ1) is 16.9. The molecule has 1 aromatic heterocycles. The highest BCUT2D eigenvalue weighted by Gasteiger charge is 2.33. The Hall–Kier alpha value is -4.01. The van der Waals surface area contributed by atoms with Crippen LogP contribution in [0.1, 0.15) is 18.9 Å². The number of primary amides is 1. The topological polar surface area (TPSA) is 250 Å². The normalized spacial score (nSPS) is 15.2. The lowest BCUT2D eigenvalue weighted by Gasteiger charge is -2.26. The number of carboxylic acids is 1. The number of rotatable bonds is 13. The fourth-order valence-electron chi connectivity index (χ4n) is 3.41. The van der Waals surface area contributed by atoms with Gasteiger partial charge in [0.25, 0.3) is 0 Å². The van der Waals surface area contributed by atoms with E-state index in [9.17, 15) is 34.2 Å². The monoisotopic (exact) mass is 506 g/mol. The molecular weight excluding hydrogens is 476 g/mol. The maximum Gasteiger partial charge on any atom is 0.326 e. The molecule has 196 valence electrons. The third-order valence-corrected chi connectivity index (χ3v) is 5.35. The summed E-state index contributed by atoms with van der Waals surface area (Å²) in [4.78, 5) is 63.8. The van der Waals surface area contributed by atoms with Crippen molar-refractivity contribution < 1.29 is 39.3 Å². The van der Waals surface area contributed by atoms with E-state index in [2.05, 4.69) is 20.9 Å². The smallest absolute Gasteiger partial charge is 0.326 e. The second-order valence-corrected chi connectivity index (χ2v) is 8.21. The van der Waals surface area contributed by atoms with E-state index in [1.54, 1.807) is 30.5 Å². The van der Waals surface area contributed by atoms with Crippen molar-refractivity contribution in [1.29, 1.82) is 0 Å². The van der Waals surface area contributed by atoms with Gasteiger partial charge in [-0.3, -0.25) is 19.2 Å². The van der Waals surface area contributed by atoms with Crippen LogP contribution in [0.3, 0.4) is 0 Å². The van der Waals surface area contributed by atoms with Crippen LogP contribution in [0.5, 0.6) is 0 Å². The second-order valence-electron chi connectivity index (χ2n) is 8.21. The Morgan fingerprint density at radius 3 is 2.22 bits per heavy atom. The quantitative estimate of drug-likeness (QED) is 0.133. The molecule has 0 aliphatic heterocycles. The number of para-hydroxylation sites is 1. The average Bonchev–Trinajstić information content (AvgIpc) is 3.22. The Balaban J connectivity index is 2.33. The molecular formula is C22H30N6O8. The van der Waals surface area contributed by atoms with E-state index in [-0.39, 0.29) is 6.42 Å². The molecule has 36 heavy (non-hydrogen) atoms. The van der Waals surface area contributed by atoms with Crippen LogP contribution in [-0.4, -0.2) is 86.8 Å². The van der Waals surface area contributed by atoms with Gasteiger partial charge in [-0.05, 0) is 18.6 Å². The van der Waals surface area contributed by atoms with Crippen molar-refractivity contribution in [2.75, 3.05) is 6.61 Å². The van der Waals surface area contributed by atoms with Gasteiger partial charge < -0.3 is 47.7 Å². The third-order valence-electron chi connectivity index (χ3n) is 5.35. The third kappa shape index (κ3) is 7.49. The molecule has 2 aromatic rings. The summed E-state index contributed by atoms with van der Waals surface area (Å²) in [5.74, 6) is -5.29. The fraction of sp³-hybridized carbons (Fsp3) is 0.409. The molecule has 0 saturated heterocycles. The van der Waals surface area contributed by atoms with Crippen molar-refractivity contribution in [3.8, 4) is 0 Å². The molecule has 14 heteroatoms. The molecule has 1 aromatic carbocycles. The lowest BCUT2D eigenvalue weighted by atomic mass is 10.0. The number of hydrogen-bond acceptors (Lipinski definition) is 8. The summed E-state index contributed by atoms with van der Waals surface area (Å²) in [5.41, 5.74) is 11.9. The van der Waals surface area contributed by atoms with Crippen molar-refractivity contribution in [2.24, 2.45) is 11.5 Å². The molecule has 0 bridgehead atoms. The Morgan fingerprint density at radius 2 is 1.64 bits per heavy atom. The van der Waals surface area contributed by atoms with Crippen molar-refractivity contribution in [3.05, 3.63) is 36.0 Å². The number of nitrogens with one attached hydrogen (secondary N) is 4. The minimum Gasteiger partial charge on any atom is -0.480 e. The molecule has 1 heterocycles. The number of nitrogens with two attached hydrogens (primary N) is 2. The number of benzene rings is 1. The number of aromatic amines is 1. The zero-order chi connectivity index (χ0) is 27.0. The number of aromatic nitrogens is 1. The van der Waals surface area contributed by atoms with Crippen molar-refractivity contribution in [2.45, 2.75) is 50.0 Å². The molecule has 5 atom stereocenters. The molecule has 0 aliphatic rings. The second kappa shape index (κ2) is 12.6. The highest BCUT2D eigenvalue weighted by Crippen LogP contribution is 2.19. The lowest BCUT2D eigenvalue weighted by molar-refractivity contribution is -0.143. The fourth-order valence-corrected chi connectivity index (χ4v) is 3.41. The van der Waals surface area contributed by atoms with E-state index in [0.29, 0.717) is 5.56 Å². The number of carbonyl (C=O) groups is 5. The SMILES string of the molecule is CC(O)C(NC(=O)C(N)CO)C(=O)NC(Cc1c[nH]c2ccccc12)C(=O)NC(CC(N)=O)C(=O)O. The summed E-state index contributed by atoms with van der Waals surface area (Å²) >= 11 is 0. The predicted octanol–water partition coefficient (Wildman–Crippen LogP) is -3.17. The first-order valence-electron chi connectivity index (χ1n) is 11.0. The average molecular weight is 507 g/mol. The Bertz CT molecular complexity index is 1120. The molecule has 11 N–H and O–H groups in total. The van der Waals surface area contributed by atoms with Gasteiger partial charge in [0.15, 0.2) is 0 Å². The van der Waals surface area contributed by atoms with Crippen LogP contribution < -0.4 is 27.4 Å². The zero-order valence-corrected chi connectivity index (χ0v) is 19.4. The van der Waals surface area contributed by atoms with E-state index < -0.39 is 72.9 Å². The summed E-state index contributed by atoms with van der Waals surface area (Å²) in [6.07, 6.45) is -0.594. The standard InChI is InChI=1S/C22H30N6O8/c1-10(30)18(28-19(32)13(23)9-29)21(34)26-15(20(33)27-16(22(35)36)7-17(24)31)6-11-8-25-14-5-3-2-4-12(11)14/h2-5,8,10,13,15-16,18,25,29-30H,6-7,9,23H2,1H3,(H2,24,31)(H,26,34)(H,27,33)(H,28,32)(H,35,36). The van der Waals surface area contributed by atoms with Gasteiger partial charge in [-0.2, -0.15) is 0 Å². The van der Waals surface area contributed by atoms with E-state index in [1.165, 1.54) is 6.92 Å². The van der Waals surface area contributed by atoms with Gasteiger partial charge in [0.2, 0.25) is 23.6 Å². The minimum absolute atomic E-state index is 0.110. The number of aliphatic hydroxyl groups excluding tert-OH is 2. The molecule has 5 unspecified atom stereocenters. The van der Waals surface area contributed by atoms with Gasteiger partial charge in [-0.25, -0.2) is 4.79 Å². The van der Waals surface area contributed by atoms with Gasteiger partial charge in [0, 0.05) is 23.5 Å². The van der Waals surface area contributed by atoms with Gasteiger partial charge in [-0.15, -0.1) is 0 Å². The largest absolute Gasteiger partial charge is 0.480 e. The van der Waals surface area contributed by atoms with Gasteiger partial charge in [0.1, 0.15) is 24.2 Å².